The van der Waals surface area contributed by atoms with E-state index in [1.807, 2.05) is 0 Å². The van der Waals surface area contributed by atoms with E-state index in [2.05, 4.69) is 10.2 Å². The molecule has 0 amide bonds. The van der Waals surface area contributed by atoms with E-state index in [1.54, 1.807) is 6.92 Å². The number of esters is 1. The van der Waals surface area contributed by atoms with Crippen molar-refractivity contribution < 1.29 is 18.7 Å². The highest BCUT2D eigenvalue weighted by Crippen LogP contribution is 2.29. The first-order valence-electron chi connectivity index (χ1n) is 6.17. The maximum absolute atomic E-state index is 13.6. The standard InChI is InChI=1S/C14H12ClFN2O3/c1-3-21-14(20)13-11(12(7(2)19)17-18-13)8-4-5-9(15)10(16)6-8/h4-6H,3H2,1-2H3,(H,17,18). The molecule has 0 saturated heterocycles. The van der Waals surface area contributed by atoms with Gasteiger partial charge in [0.25, 0.3) is 0 Å². The van der Waals surface area contributed by atoms with Gasteiger partial charge in [0, 0.05) is 12.5 Å². The number of aromatic nitrogens is 2. The van der Waals surface area contributed by atoms with E-state index >= 15 is 0 Å². The summed E-state index contributed by atoms with van der Waals surface area (Å²) in [4.78, 5) is 23.5. The minimum absolute atomic E-state index is 0.00349. The zero-order valence-electron chi connectivity index (χ0n) is 11.4. The van der Waals surface area contributed by atoms with Crippen LogP contribution in [0.4, 0.5) is 4.39 Å². The summed E-state index contributed by atoms with van der Waals surface area (Å²) in [5, 5.41) is 6.24. The van der Waals surface area contributed by atoms with Crippen LogP contribution in [-0.2, 0) is 4.74 Å². The van der Waals surface area contributed by atoms with Crippen molar-refractivity contribution in [1.82, 2.24) is 10.2 Å². The Hall–Kier alpha value is -2.21. The molecule has 0 radical (unpaired) electrons. The number of hydrogen-bond donors (Lipinski definition) is 1. The molecule has 0 aliphatic carbocycles. The summed E-state index contributed by atoms with van der Waals surface area (Å²) < 4.78 is 18.5. The number of nitrogens with one attached hydrogen (secondary N) is 1. The number of halogens is 2. The second-order valence-corrected chi connectivity index (χ2v) is 4.63. The van der Waals surface area contributed by atoms with Gasteiger partial charge in [-0.3, -0.25) is 9.89 Å². The summed E-state index contributed by atoms with van der Waals surface area (Å²) in [5.41, 5.74) is 0.568. The van der Waals surface area contributed by atoms with E-state index in [9.17, 15) is 14.0 Å². The lowest BCUT2D eigenvalue weighted by Gasteiger charge is -2.06. The molecule has 0 saturated carbocycles. The average Bonchev–Trinajstić information content (AvgIpc) is 2.87. The van der Waals surface area contributed by atoms with Gasteiger partial charge in [-0.1, -0.05) is 17.7 Å². The number of Topliss-reactive ketones (excluding diaryl/α,β-unsaturated/α-hetero) is 1. The van der Waals surface area contributed by atoms with Gasteiger partial charge in [-0.15, -0.1) is 0 Å². The molecule has 0 spiro atoms. The molecular weight excluding hydrogens is 299 g/mol. The molecule has 1 aromatic carbocycles. The minimum Gasteiger partial charge on any atom is -0.461 e. The highest BCUT2D eigenvalue weighted by molar-refractivity contribution is 6.30. The van der Waals surface area contributed by atoms with E-state index in [4.69, 9.17) is 16.3 Å². The van der Waals surface area contributed by atoms with Gasteiger partial charge in [0.1, 0.15) is 11.5 Å². The van der Waals surface area contributed by atoms with Gasteiger partial charge >= 0.3 is 5.97 Å². The molecule has 5 nitrogen and oxygen atoms in total. The number of rotatable bonds is 4. The molecule has 0 atom stereocenters. The van der Waals surface area contributed by atoms with Gasteiger partial charge < -0.3 is 4.74 Å². The Morgan fingerprint density at radius 2 is 2.14 bits per heavy atom. The molecule has 0 fully saturated rings. The SMILES string of the molecule is CCOC(=O)c1[nH]nc(C(C)=O)c1-c1ccc(Cl)c(F)c1. The summed E-state index contributed by atoms with van der Waals surface area (Å²) in [6.45, 7) is 3.13. The smallest absolute Gasteiger partial charge is 0.357 e. The van der Waals surface area contributed by atoms with Crippen LogP contribution in [0.25, 0.3) is 11.1 Å². The lowest BCUT2D eigenvalue weighted by atomic mass is 10.0. The Morgan fingerprint density at radius 1 is 1.43 bits per heavy atom. The number of benzene rings is 1. The predicted molar refractivity (Wildman–Crippen MR) is 75.0 cm³/mol. The summed E-state index contributed by atoms with van der Waals surface area (Å²) in [6, 6.07) is 3.99. The van der Waals surface area contributed by atoms with Crippen LogP contribution in [0.1, 0.15) is 34.8 Å². The zero-order chi connectivity index (χ0) is 15.6. The molecule has 0 bridgehead atoms. The minimum atomic E-state index is -0.664. The van der Waals surface area contributed by atoms with Crippen LogP contribution in [0.3, 0.4) is 0 Å². The fourth-order valence-corrected chi connectivity index (χ4v) is 2.00. The lowest BCUT2D eigenvalue weighted by Crippen LogP contribution is -2.07. The number of carbonyl (C=O) groups excluding carboxylic acids is 2. The third kappa shape index (κ3) is 2.95. The monoisotopic (exact) mass is 310 g/mol. The van der Waals surface area contributed by atoms with Crippen LogP contribution in [0, 0.1) is 5.82 Å². The first-order chi connectivity index (χ1) is 9.95. The molecule has 21 heavy (non-hydrogen) atoms. The molecule has 2 rings (SSSR count). The lowest BCUT2D eigenvalue weighted by molar-refractivity contribution is 0.0520. The number of ether oxygens (including phenoxy) is 1. The molecule has 110 valence electrons. The fourth-order valence-electron chi connectivity index (χ4n) is 1.88. The number of carbonyl (C=O) groups is 2. The average molecular weight is 311 g/mol. The summed E-state index contributed by atoms with van der Waals surface area (Å²) in [6.07, 6.45) is 0. The van der Waals surface area contributed by atoms with E-state index in [-0.39, 0.29) is 34.4 Å². The molecule has 7 heteroatoms. The van der Waals surface area contributed by atoms with Crippen LogP contribution < -0.4 is 0 Å². The third-order valence-electron chi connectivity index (χ3n) is 2.79. The topological polar surface area (TPSA) is 72.1 Å². The molecule has 1 heterocycles. The molecule has 2 aromatic rings. The van der Waals surface area contributed by atoms with E-state index in [1.165, 1.54) is 19.1 Å². The van der Waals surface area contributed by atoms with Crippen molar-refractivity contribution in [3.05, 3.63) is 40.4 Å². The molecule has 1 aromatic heterocycles. The Kier molecular flexibility index (Phi) is 4.37. The number of nitrogens with zero attached hydrogens (tertiary/aromatic N) is 1. The van der Waals surface area contributed by atoms with E-state index in [0.29, 0.717) is 5.56 Å². The number of hydrogen-bond acceptors (Lipinski definition) is 4. The summed E-state index contributed by atoms with van der Waals surface area (Å²) in [5.74, 6) is -1.67. The van der Waals surface area contributed by atoms with Gasteiger partial charge in [-0.2, -0.15) is 5.10 Å². The van der Waals surface area contributed by atoms with Crippen molar-refractivity contribution in [3.8, 4) is 11.1 Å². The first-order valence-corrected chi connectivity index (χ1v) is 6.55. The van der Waals surface area contributed by atoms with Crippen molar-refractivity contribution in [2.75, 3.05) is 6.61 Å². The van der Waals surface area contributed by atoms with Crippen LogP contribution in [0.2, 0.25) is 5.02 Å². The molecular formula is C14H12ClFN2O3. The Balaban J connectivity index is 2.63. The van der Waals surface area contributed by atoms with Crippen molar-refractivity contribution in [3.63, 3.8) is 0 Å². The molecule has 0 unspecified atom stereocenters. The third-order valence-corrected chi connectivity index (χ3v) is 3.09. The highest BCUT2D eigenvalue weighted by Gasteiger charge is 2.24. The fraction of sp³-hybridized carbons (Fsp3) is 0.214. The zero-order valence-corrected chi connectivity index (χ0v) is 12.1. The molecule has 1 N–H and O–H groups in total. The second-order valence-electron chi connectivity index (χ2n) is 4.23. The maximum atomic E-state index is 13.6. The van der Waals surface area contributed by atoms with Crippen LogP contribution in [0.5, 0.6) is 0 Å². The Morgan fingerprint density at radius 3 is 2.71 bits per heavy atom. The Labute approximate surface area is 125 Å². The van der Waals surface area contributed by atoms with Gasteiger partial charge in [0.05, 0.1) is 11.6 Å². The van der Waals surface area contributed by atoms with Crippen molar-refractivity contribution in [1.29, 1.82) is 0 Å². The largest absolute Gasteiger partial charge is 0.461 e. The molecule has 0 aliphatic rings. The van der Waals surface area contributed by atoms with E-state index < -0.39 is 11.8 Å². The van der Waals surface area contributed by atoms with Crippen molar-refractivity contribution in [2.45, 2.75) is 13.8 Å². The molecule has 0 aliphatic heterocycles. The van der Waals surface area contributed by atoms with Gasteiger partial charge in [-0.25, -0.2) is 9.18 Å². The van der Waals surface area contributed by atoms with Gasteiger partial charge in [-0.05, 0) is 24.6 Å². The van der Waals surface area contributed by atoms with Gasteiger partial charge in [0.15, 0.2) is 11.5 Å². The first kappa shape index (κ1) is 15.2. The Bertz CT molecular complexity index is 712. The van der Waals surface area contributed by atoms with Crippen LogP contribution in [0.15, 0.2) is 18.2 Å². The maximum Gasteiger partial charge on any atom is 0.357 e. The van der Waals surface area contributed by atoms with Crippen LogP contribution >= 0.6 is 11.6 Å². The highest BCUT2D eigenvalue weighted by atomic mass is 35.5. The predicted octanol–water partition coefficient (Wildman–Crippen LogP) is 3.25. The summed E-state index contributed by atoms with van der Waals surface area (Å²) >= 11 is 5.64. The number of ketones is 1. The van der Waals surface area contributed by atoms with E-state index in [0.717, 1.165) is 6.07 Å². The van der Waals surface area contributed by atoms with Crippen molar-refractivity contribution in [2.24, 2.45) is 0 Å². The number of H-pyrrole nitrogens is 1. The van der Waals surface area contributed by atoms with Crippen LogP contribution in [-0.4, -0.2) is 28.6 Å². The summed E-state index contributed by atoms with van der Waals surface area (Å²) in [7, 11) is 0. The normalized spacial score (nSPS) is 10.5. The second kappa shape index (κ2) is 6.05. The number of aromatic amines is 1. The quantitative estimate of drug-likeness (QED) is 0.695. The van der Waals surface area contributed by atoms with Crippen molar-refractivity contribution >= 4 is 23.4 Å². The van der Waals surface area contributed by atoms with Gasteiger partial charge in [0.2, 0.25) is 0 Å².